The van der Waals surface area contributed by atoms with Gasteiger partial charge in [-0.2, -0.15) is 0 Å². The lowest BCUT2D eigenvalue weighted by molar-refractivity contribution is 0.0740. The number of aromatic nitrogens is 2. The van der Waals surface area contributed by atoms with E-state index in [1.54, 1.807) is 18.2 Å². The second kappa shape index (κ2) is 8.12. The summed E-state index contributed by atoms with van der Waals surface area (Å²) in [5, 5.41) is 0. The van der Waals surface area contributed by atoms with Crippen molar-refractivity contribution in [2.24, 2.45) is 0 Å². The number of piperazine rings is 1. The lowest BCUT2D eigenvalue weighted by Gasteiger charge is -2.36. The van der Waals surface area contributed by atoms with E-state index in [0.29, 0.717) is 31.9 Å². The molecular weight excluding hydrogens is 333 g/mol. The number of halogens is 1. The predicted octanol–water partition coefficient (Wildman–Crippen LogP) is 2.42. The molecule has 3 rings (SSSR count). The summed E-state index contributed by atoms with van der Waals surface area (Å²) in [5.74, 6) is 0.466. The SMILES string of the molecule is CCN(CC)c1cc(C(=O)N2CCN(c3ccc(F)cc3)CC2)ncn1. The monoisotopic (exact) mass is 357 g/mol. The molecule has 2 aromatic rings. The Hall–Kier alpha value is -2.70. The highest BCUT2D eigenvalue weighted by atomic mass is 19.1. The molecular formula is C19H24FN5O. The van der Waals surface area contributed by atoms with Gasteiger partial charge in [-0.1, -0.05) is 0 Å². The van der Waals surface area contributed by atoms with E-state index in [1.807, 2.05) is 4.90 Å². The molecule has 1 saturated heterocycles. The third-order valence-electron chi connectivity index (χ3n) is 4.72. The summed E-state index contributed by atoms with van der Waals surface area (Å²) in [5.41, 5.74) is 1.40. The van der Waals surface area contributed by atoms with E-state index in [9.17, 15) is 9.18 Å². The maximum atomic E-state index is 13.1. The van der Waals surface area contributed by atoms with Gasteiger partial charge in [0, 0.05) is 51.0 Å². The van der Waals surface area contributed by atoms with Crippen molar-refractivity contribution in [3.05, 3.63) is 48.2 Å². The fourth-order valence-corrected chi connectivity index (χ4v) is 3.17. The predicted molar refractivity (Wildman–Crippen MR) is 100 cm³/mol. The van der Waals surface area contributed by atoms with Gasteiger partial charge in [-0.25, -0.2) is 14.4 Å². The van der Waals surface area contributed by atoms with Crippen LogP contribution in [0, 0.1) is 5.82 Å². The smallest absolute Gasteiger partial charge is 0.272 e. The van der Waals surface area contributed by atoms with Crippen LogP contribution in [0.15, 0.2) is 36.7 Å². The van der Waals surface area contributed by atoms with Gasteiger partial charge in [0.1, 0.15) is 23.7 Å². The summed E-state index contributed by atoms with van der Waals surface area (Å²) in [4.78, 5) is 27.3. The molecule has 1 aliphatic heterocycles. The molecule has 1 aromatic carbocycles. The van der Waals surface area contributed by atoms with E-state index in [1.165, 1.54) is 18.5 Å². The van der Waals surface area contributed by atoms with Crippen LogP contribution in [-0.2, 0) is 0 Å². The second-order valence-corrected chi connectivity index (χ2v) is 6.19. The summed E-state index contributed by atoms with van der Waals surface area (Å²) < 4.78 is 13.1. The van der Waals surface area contributed by atoms with Gasteiger partial charge < -0.3 is 14.7 Å². The first kappa shape index (κ1) is 18.1. The van der Waals surface area contributed by atoms with Crippen LogP contribution in [0.5, 0.6) is 0 Å². The minimum absolute atomic E-state index is 0.0698. The van der Waals surface area contributed by atoms with Crippen molar-refractivity contribution in [2.75, 3.05) is 49.1 Å². The summed E-state index contributed by atoms with van der Waals surface area (Å²) in [6, 6.07) is 8.23. The second-order valence-electron chi connectivity index (χ2n) is 6.19. The first-order chi connectivity index (χ1) is 12.6. The summed E-state index contributed by atoms with van der Waals surface area (Å²) in [6.45, 7) is 8.43. The first-order valence-electron chi connectivity index (χ1n) is 8.99. The van der Waals surface area contributed by atoms with Gasteiger partial charge in [0.15, 0.2) is 0 Å². The van der Waals surface area contributed by atoms with Crippen LogP contribution >= 0.6 is 0 Å². The number of carbonyl (C=O) groups excluding carboxylic acids is 1. The molecule has 0 saturated carbocycles. The highest BCUT2D eigenvalue weighted by molar-refractivity contribution is 5.93. The molecule has 0 unspecified atom stereocenters. The molecule has 26 heavy (non-hydrogen) atoms. The minimum atomic E-state index is -0.240. The Morgan fingerprint density at radius 2 is 1.73 bits per heavy atom. The molecule has 138 valence electrons. The zero-order valence-electron chi connectivity index (χ0n) is 15.2. The van der Waals surface area contributed by atoms with Crippen LogP contribution < -0.4 is 9.80 Å². The molecule has 1 amide bonds. The van der Waals surface area contributed by atoms with Crippen molar-refractivity contribution >= 4 is 17.4 Å². The van der Waals surface area contributed by atoms with Crippen LogP contribution in [0.3, 0.4) is 0 Å². The first-order valence-corrected chi connectivity index (χ1v) is 8.99. The van der Waals surface area contributed by atoms with Gasteiger partial charge in [-0.3, -0.25) is 4.79 Å². The normalized spacial score (nSPS) is 14.4. The van der Waals surface area contributed by atoms with Crippen molar-refractivity contribution in [3.63, 3.8) is 0 Å². The fraction of sp³-hybridized carbons (Fsp3) is 0.421. The van der Waals surface area contributed by atoms with Crippen molar-refractivity contribution in [1.29, 1.82) is 0 Å². The molecule has 0 N–H and O–H groups in total. The van der Waals surface area contributed by atoms with E-state index >= 15 is 0 Å². The zero-order valence-corrected chi connectivity index (χ0v) is 15.2. The number of carbonyl (C=O) groups is 1. The molecule has 0 spiro atoms. The van der Waals surface area contributed by atoms with Crippen LogP contribution in [0.25, 0.3) is 0 Å². The largest absolute Gasteiger partial charge is 0.368 e. The number of anilines is 2. The molecule has 1 aromatic heterocycles. The van der Waals surface area contributed by atoms with Gasteiger partial charge in [-0.05, 0) is 38.1 Å². The molecule has 0 bridgehead atoms. The maximum Gasteiger partial charge on any atom is 0.272 e. The Morgan fingerprint density at radius 1 is 1.08 bits per heavy atom. The molecule has 0 atom stereocenters. The van der Waals surface area contributed by atoms with Crippen molar-refractivity contribution < 1.29 is 9.18 Å². The Balaban J connectivity index is 1.65. The number of rotatable bonds is 5. The van der Waals surface area contributed by atoms with E-state index in [2.05, 4.69) is 33.6 Å². The average molecular weight is 357 g/mol. The number of nitrogens with zero attached hydrogens (tertiary/aromatic N) is 5. The van der Waals surface area contributed by atoms with Crippen molar-refractivity contribution in [2.45, 2.75) is 13.8 Å². The number of hydrogen-bond acceptors (Lipinski definition) is 5. The molecule has 1 fully saturated rings. The minimum Gasteiger partial charge on any atom is -0.368 e. The summed E-state index contributed by atoms with van der Waals surface area (Å²) in [6.07, 6.45) is 1.45. The summed E-state index contributed by atoms with van der Waals surface area (Å²) in [7, 11) is 0. The Labute approximate surface area is 153 Å². The van der Waals surface area contributed by atoms with E-state index in [4.69, 9.17) is 0 Å². The molecule has 6 nitrogen and oxygen atoms in total. The summed E-state index contributed by atoms with van der Waals surface area (Å²) >= 11 is 0. The lowest BCUT2D eigenvalue weighted by atomic mass is 10.2. The van der Waals surface area contributed by atoms with Gasteiger partial charge in [-0.15, -0.1) is 0 Å². The molecule has 2 heterocycles. The Bertz CT molecular complexity index is 740. The molecule has 0 radical (unpaired) electrons. The third-order valence-corrected chi connectivity index (χ3v) is 4.72. The Kier molecular flexibility index (Phi) is 5.65. The van der Waals surface area contributed by atoms with Crippen LogP contribution in [0.2, 0.25) is 0 Å². The lowest BCUT2D eigenvalue weighted by Crippen LogP contribution is -2.49. The third kappa shape index (κ3) is 3.92. The van der Waals surface area contributed by atoms with Gasteiger partial charge in [0.25, 0.3) is 5.91 Å². The van der Waals surface area contributed by atoms with Crippen molar-refractivity contribution in [1.82, 2.24) is 14.9 Å². The zero-order chi connectivity index (χ0) is 18.5. The quantitative estimate of drug-likeness (QED) is 0.823. The van der Waals surface area contributed by atoms with Gasteiger partial charge >= 0.3 is 0 Å². The average Bonchev–Trinajstić information content (AvgIpc) is 2.69. The molecule has 0 aliphatic carbocycles. The Morgan fingerprint density at radius 3 is 2.35 bits per heavy atom. The van der Waals surface area contributed by atoms with Crippen LogP contribution in [0.4, 0.5) is 15.9 Å². The highest BCUT2D eigenvalue weighted by Crippen LogP contribution is 2.18. The standard InChI is InChI=1S/C19H24FN5O/c1-3-23(4-2)18-13-17(21-14-22-18)19(26)25-11-9-24(10-12-25)16-7-5-15(20)6-8-16/h5-8,13-14H,3-4,9-12H2,1-2H3. The fourth-order valence-electron chi connectivity index (χ4n) is 3.17. The number of hydrogen-bond donors (Lipinski definition) is 0. The van der Waals surface area contributed by atoms with E-state index in [0.717, 1.165) is 24.6 Å². The van der Waals surface area contributed by atoms with Crippen LogP contribution in [-0.4, -0.2) is 60.0 Å². The number of amides is 1. The highest BCUT2D eigenvalue weighted by Gasteiger charge is 2.23. The van der Waals surface area contributed by atoms with E-state index < -0.39 is 0 Å². The topological polar surface area (TPSA) is 52.6 Å². The van der Waals surface area contributed by atoms with Gasteiger partial charge in [0.05, 0.1) is 0 Å². The van der Waals surface area contributed by atoms with E-state index in [-0.39, 0.29) is 11.7 Å². The number of benzene rings is 1. The maximum absolute atomic E-state index is 13.1. The van der Waals surface area contributed by atoms with Gasteiger partial charge in [0.2, 0.25) is 0 Å². The molecule has 1 aliphatic rings. The van der Waals surface area contributed by atoms with Crippen LogP contribution in [0.1, 0.15) is 24.3 Å². The van der Waals surface area contributed by atoms with Crippen molar-refractivity contribution in [3.8, 4) is 0 Å². The molecule has 7 heteroatoms.